The van der Waals surface area contributed by atoms with Crippen molar-refractivity contribution in [2.45, 2.75) is 100 Å². The number of alkyl carbamates (subject to hydrolysis) is 1. The van der Waals surface area contributed by atoms with E-state index in [0.29, 0.717) is 35.1 Å². The first-order valence-electron chi connectivity index (χ1n) is 19.0. The standard InChI is InChI=1S/C39H46N8O8S/c1-4-26-18-39(26,37(51)45-56(53,54)29-13-14-29)44-34(48)31-17-27(22-46(31)36(50)33(23(2)3)43-38(52)55-28-11-5-6-12-28)47-35(49)32(25-10-8-16-41-20-25)30(21-42-47)24-9-7-15-40-19-24/h4,7-10,15-16,19-21,23,26-29,31,33H,1,5-6,11-14,17-18,22H2,2-3H3,(H,43,52)(H,44,48)(H,45,51)/t26-,27-,31+,33+,39-/m1/s1. The molecule has 0 unspecified atom stereocenters. The van der Waals surface area contributed by atoms with Gasteiger partial charge in [-0.25, -0.2) is 17.9 Å². The molecule has 0 aromatic carbocycles. The van der Waals surface area contributed by atoms with E-state index >= 15 is 0 Å². The summed E-state index contributed by atoms with van der Waals surface area (Å²) >= 11 is 0. The molecular weight excluding hydrogens is 741 g/mol. The van der Waals surface area contributed by atoms with Crippen LogP contribution >= 0.6 is 0 Å². The first-order valence-corrected chi connectivity index (χ1v) is 20.6. The van der Waals surface area contributed by atoms with Crippen LogP contribution in [0.2, 0.25) is 0 Å². The minimum absolute atomic E-state index is 0.0860. The van der Waals surface area contributed by atoms with Crippen molar-refractivity contribution in [3.8, 4) is 22.3 Å². The Bertz CT molecular complexity index is 2170. The van der Waals surface area contributed by atoms with E-state index in [0.717, 1.165) is 25.7 Å². The molecule has 3 aliphatic carbocycles. The van der Waals surface area contributed by atoms with Crippen LogP contribution in [-0.4, -0.2) is 92.4 Å². The second-order valence-corrected chi connectivity index (χ2v) is 17.4. The minimum atomic E-state index is -3.94. The van der Waals surface area contributed by atoms with Crippen LogP contribution in [0.1, 0.15) is 71.3 Å². The van der Waals surface area contributed by atoms with Crippen molar-refractivity contribution in [3.05, 3.63) is 78.3 Å². The molecule has 0 spiro atoms. The summed E-state index contributed by atoms with van der Waals surface area (Å²) in [6.07, 6.45) is 12.6. The van der Waals surface area contributed by atoms with Crippen LogP contribution in [0.4, 0.5) is 4.79 Å². The smallest absolute Gasteiger partial charge is 0.408 e. The van der Waals surface area contributed by atoms with Crippen molar-refractivity contribution >= 4 is 33.8 Å². The molecule has 16 nitrogen and oxygen atoms in total. The lowest BCUT2D eigenvalue weighted by Crippen LogP contribution is -2.59. The van der Waals surface area contributed by atoms with E-state index in [1.807, 2.05) is 0 Å². The number of carbonyl (C=O) groups excluding carboxylic acids is 4. The maximum absolute atomic E-state index is 14.5. The fourth-order valence-corrected chi connectivity index (χ4v) is 9.13. The van der Waals surface area contributed by atoms with Crippen LogP contribution in [0.25, 0.3) is 22.3 Å². The van der Waals surface area contributed by atoms with Gasteiger partial charge < -0.3 is 20.3 Å². The molecule has 0 bridgehead atoms. The number of pyridine rings is 2. The average Bonchev–Trinajstić information content (AvgIpc) is 4.06. The van der Waals surface area contributed by atoms with Gasteiger partial charge in [0.15, 0.2) is 0 Å². The SMILES string of the molecule is C=C[C@@H]1C[C@]1(NC(=O)[C@@H]1C[C@@H](n2ncc(-c3cccnc3)c(-c3cccnc3)c2=O)CN1C(=O)[C@@H](NC(=O)OC1CCCC1)C(C)C)C(=O)NS(=O)(=O)C1CC1. The van der Waals surface area contributed by atoms with Gasteiger partial charge in [0.25, 0.3) is 11.5 Å². The number of nitrogens with one attached hydrogen (secondary N) is 3. The fraction of sp³-hybridized carbons (Fsp3) is 0.487. The van der Waals surface area contributed by atoms with Crippen molar-refractivity contribution in [1.82, 2.24) is 40.0 Å². The lowest BCUT2D eigenvalue weighted by Gasteiger charge is -2.31. The molecule has 0 radical (unpaired) electrons. The highest BCUT2D eigenvalue weighted by atomic mass is 32.2. The van der Waals surface area contributed by atoms with Gasteiger partial charge in [-0.3, -0.25) is 33.9 Å². The molecule has 296 valence electrons. The summed E-state index contributed by atoms with van der Waals surface area (Å²) in [6, 6.07) is 3.82. The van der Waals surface area contributed by atoms with E-state index in [-0.39, 0.29) is 25.5 Å². The summed E-state index contributed by atoms with van der Waals surface area (Å²) in [5, 5.41) is 9.37. The summed E-state index contributed by atoms with van der Waals surface area (Å²) in [7, 11) is -3.94. The summed E-state index contributed by atoms with van der Waals surface area (Å²) in [5.74, 6) is -3.20. The molecule has 56 heavy (non-hydrogen) atoms. The number of likely N-dealkylation sites (tertiary alicyclic amines) is 1. The molecule has 3 aromatic rings. The van der Waals surface area contributed by atoms with Gasteiger partial charge in [0.1, 0.15) is 23.7 Å². The Hall–Kier alpha value is -5.45. The molecule has 4 heterocycles. The summed E-state index contributed by atoms with van der Waals surface area (Å²) in [6.45, 7) is 7.13. The number of aromatic nitrogens is 4. The first kappa shape index (κ1) is 38.8. The summed E-state index contributed by atoms with van der Waals surface area (Å²) in [5.41, 5.74) is -0.129. The number of sulfonamides is 1. The first-order chi connectivity index (χ1) is 26.8. The fourth-order valence-electron chi connectivity index (χ4n) is 7.77. The van der Waals surface area contributed by atoms with Gasteiger partial charge in [-0.15, -0.1) is 6.58 Å². The highest BCUT2D eigenvalue weighted by Gasteiger charge is 2.62. The van der Waals surface area contributed by atoms with Gasteiger partial charge in [-0.2, -0.15) is 5.10 Å². The van der Waals surface area contributed by atoms with Crippen molar-refractivity contribution in [3.63, 3.8) is 0 Å². The Morgan fingerprint density at radius 2 is 1.68 bits per heavy atom. The number of nitrogens with zero attached hydrogens (tertiary/aromatic N) is 5. The lowest BCUT2D eigenvalue weighted by molar-refractivity contribution is -0.141. The van der Waals surface area contributed by atoms with Crippen molar-refractivity contribution < 1.29 is 32.3 Å². The normalized spacial score (nSPS) is 24.0. The van der Waals surface area contributed by atoms with Gasteiger partial charge in [0.05, 0.1) is 23.1 Å². The molecule has 3 aromatic heterocycles. The number of rotatable bonds is 13. The molecule has 3 saturated carbocycles. The van der Waals surface area contributed by atoms with Crippen LogP contribution in [0.5, 0.6) is 0 Å². The maximum Gasteiger partial charge on any atom is 0.408 e. The molecule has 1 saturated heterocycles. The predicted octanol–water partition coefficient (Wildman–Crippen LogP) is 2.87. The number of hydrogen-bond donors (Lipinski definition) is 3. The van der Waals surface area contributed by atoms with Gasteiger partial charge in [0, 0.05) is 60.4 Å². The van der Waals surface area contributed by atoms with Gasteiger partial charge in [-0.1, -0.05) is 32.1 Å². The highest BCUT2D eigenvalue weighted by Crippen LogP contribution is 2.46. The Labute approximate surface area is 324 Å². The number of amides is 4. The third kappa shape index (κ3) is 7.81. The molecule has 5 atom stereocenters. The second-order valence-electron chi connectivity index (χ2n) is 15.4. The van der Waals surface area contributed by atoms with Crippen molar-refractivity contribution in [1.29, 1.82) is 0 Å². The molecule has 3 N–H and O–H groups in total. The molecule has 4 aliphatic rings. The van der Waals surface area contributed by atoms with E-state index in [1.165, 1.54) is 21.9 Å². The number of ether oxygens (including phenoxy) is 1. The molecular formula is C39H46N8O8S. The lowest BCUT2D eigenvalue weighted by atomic mass is 9.99. The van der Waals surface area contributed by atoms with E-state index in [2.05, 4.69) is 37.0 Å². The van der Waals surface area contributed by atoms with E-state index in [9.17, 15) is 32.4 Å². The zero-order valence-electron chi connectivity index (χ0n) is 31.3. The van der Waals surface area contributed by atoms with Crippen LogP contribution in [0.3, 0.4) is 0 Å². The van der Waals surface area contributed by atoms with E-state index in [1.54, 1.807) is 62.9 Å². The Morgan fingerprint density at radius 3 is 2.27 bits per heavy atom. The highest BCUT2D eigenvalue weighted by molar-refractivity contribution is 7.91. The number of carbonyl (C=O) groups is 4. The number of hydrogen-bond acceptors (Lipinski definition) is 11. The predicted molar refractivity (Wildman–Crippen MR) is 204 cm³/mol. The zero-order valence-corrected chi connectivity index (χ0v) is 32.1. The van der Waals surface area contributed by atoms with Gasteiger partial charge in [-0.05, 0) is 63.0 Å². The molecule has 17 heteroatoms. The van der Waals surface area contributed by atoms with Crippen LogP contribution in [-0.2, 0) is 29.1 Å². The van der Waals surface area contributed by atoms with Gasteiger partial charge in [0.2, 0.25) is 21.8 Å². The Kier molecular flexibility index (Phi) is 10.8. The summed E-state index contributed by atoms with van der Waals surface area (Å²) in [4.78, 5) is 79.8. The molecule has 7 rings (SSSR count). The van der Waals surface area contributed by atoms with Crippen LogP contribution < -0.4 is 20.9 Å². The van der Waals surface area contributed by atoms with Crippen LogP contribution in [0, 0.1) is 11.8 Å². The Balaban J connectivity index is 1.23. The third-order valence-electron chi connectivity index (χ3n) is 11.2. The van der Waals surface area contributed by atoms with Crippen LogP contribution in [0.15, 0.2) is 72.7 Å². The zero-order chi connectivity index (χ0) is 39.8. The van der Waals surface area contributed by atoms with E-state index in [4.69, 9.17) is 4.74 Å². The quantitative estimate of drug-likeness (QED) is 0.215. The maximum atomic E-state index is 14.5. The topological polar surface area (TPSA) is 212 Å². The average molecular weight is 787 g/mol. The van der Waals surface area contributed by atoms with Crippen molar-refractivity contribution in [2.24, 2.45) is 11.8 Å². The second kappa shape index (κ2) is 15.6. The van der Waals surface area contributed by atoms with Gasteiger partial charge >= 0.3 is 6.09 Å². The molecule has 4 fully saturated rings. The summed E-state index contributed by atoms with van der Waals surface area (Å²) < 4.78 is 34.5. The largest absolute Gasteiger partial charge is 0.446 e. The molecule has 4 amide bonds. The minimum Gasteiger partial charge on any atom is -0.446 e. The Morgan fingerprint density at radius 1 is 1.00 bits per heavy atom. The third-order valence-corrected chi connectivity index (χ3v) is 13.0. The van der Waals surface area contributed by atoms with E-state index < -0.39 is 80.1 Å². The monoisotopic (exact) mass is 786 g/mol. The van der Waals surface area contributed by atoms with Crippen molar-refractivity contribution in [2.75, 3.05) is 6.54 Å². The molecule has 1 aliphatic heterocycles.